The number of rotatable bonds is 3. The molecule has 2 rings (SSSR count). The maximum atomic E-state index is 12.8. The van der Waals surface area contributed by atoms with Crippen LogP contribution in [0.15, 0.2) is 23.1 Å². The van der Waals surface area contributed by atoms with Gasteiger partial charge in [-0.25, -0.2) is 13.1 Å². The van der Waals surface area contributed by atoms with Crippen molar-refractivity contribution in [3.63, 3.8) is 0 Å². The Morgan fingerprint density at radius 1 is 1.29 bits per heavy atom. The Hall–Kier alpha value is -0.830. The van der Waals surface area contributed by atoms with Crippen LogP contribution in [0.4, 0.5) is 13.2 Å². The van der Waals surface area contributed by atoms with Crippen LogP contribution in [-0.4, -0.2) is 20.5 Å². The van der Waals surface area contributed by atoms with Gasteiger partial charge in [-0.1, -0.05) is 18.0 Å². The summed E-state index contributed by atoms with van der Waals surface area (Å²) in [6, 6.07) is 1.72. The van der Waals surface area contributed by atoms with Gasteiger partial charge in [0.05, 0.1) is 15.5 Å². The predicted molar refractivity (Wildman–Crippen MR) is 72.4 cm³/mol. The molecule has 0 aromatic heterocycles. The lowest BCUT2D eigenvalue weighted by Crippen LogP contribution is -2.43. The third kappa shape index (κ3) is 3.68. The van der Waals surface area contributed by atoms with Crippen molar-refractivity contribution in [3.8, 4) is 0 Å². The molecular weight excluding hydrogens is 329 g/mol. The summed E-state index contributed by atoms with van der Waals surface area (Å²) >= 11 is 5.47. The van der Waals surface area contributed by atoms with E-state index in [1.807, 2.05) is 0 Å². The van der Waals surface area contributed by atoms with Crippen LogP contribution in [0.1, 0.15) is 24.8 Å². The maximum Gasteiger partial charge on any atom is 0.417 e. The quantitative estimate of drug-likeness (QED) is 0.886. The van der Waals surface area contributed by atoms with Crippen LogP contribution in [0.3, 0.4) is 0 Å². The minimum Gasteiger partial charge on any atom is -0.326 e. The van der Waals surface area contributed by atoms with Crippen LogP contribution in [-0.2, 0) is 16.2 Å². The van der Waals surface area contributed by atoms with Crippen LogP contribution in [0.2, 0.25) is 5.02 Å². The lowest BCUT2D eigenvalue weighted by Gasteiger charge is -2.18. The van der Waals surface area contributed by atoms with Crippen molar-refractivity contribution in [1.29, 1.82) is 0 Å². The van der Waals surface area contributed by atoms with E-state index >= 15 is 0 Å². The molecule has 4 nitrogen and oxygen atoms in total. The molecule has 0 bridgehead atoms. The van der Waals surface area contributed by atoms with Gasteiger partial charge in [0.15, 0.2) is 0 Å². The summed E-state index contributed by atoms with van der Waals surface area (Å²) < 4.78 is 64.9. The zero-order valence-electron chi connectivity index (χ0n) is 10.8. The number of hydrogen-bond acceptors (Lipinski definition) is 3. The molecule has 0 amide bonds. The molecule has 0 radical (unpaired) electrons. The Morgan fingerprint density at radius 3 is 2.48 bits per heavy atom. The Balaban J connectivity index is 2.32. The van der Waals surface area contributed by atoms with Gasteiger partial charge in [-0.2, -0.15) is 13.2 Å². The third-order valence-corrected chi connectivity index (χ3v) is 5.25. The fraction of sp³-hybridized carbons (Fsp3) is 0.500. The summed E-state index contributed by atoms with van der Waals surface area (Å²) in [6.07, 6.45) is -2.68. The van der Waals surface area contributed by atoms with E-state index in [4.69, 9.17) is 17.3 Å². The normalized spacial score (nSPS) is 23.5. The van der Waals surface area contributed by atoms with Crippen LogP contribution in [0.25, 0.3) is 0 Å². The van der Waals surface area contributed by atoms with Gasteiger partial charge in [-0.15, -0.1) is 0 Å². The Morgan fingerprint density at radius 2 is 1.95 bits per heavy atom. The van der Waals surface area contributed by atoms with Crippen molar-refractivity contribution in [2.24, 2.45) is 5.73 Å². The molecule has 1 aromatic carbocycles. The number of benzene rings is 1. The number of alkyl halides is 3. The highest BCUT2D eigenvalue weighted by atomic mass is 35.5. The molecule has 1 aliphatic carbocycles. The van der Waals surface area contributed by atoms with Gasteiger partial charge >= 0.3 is 6.18 Å². The zero-order valence-corrected chi connectivity index (χ0v) is 12.4. The number of hydrogen-bond donors (Lipinski definition) is 2. The number of nitrogens with two attached hydrogens (primary N) is 1. The van der Waals surface area contributed by atoms with Crippen LogP contribution in [0.5, 0.6) is 0 Å². The van der Waals surface area contributed by atoms with Gasteiger partial charge in [0.2, 0.25) is 10.0 Å². The highest BCUT2D eigenvalue weighted by Gasteiger charge is 2.35. The summed E-state index contributed by atoms with van der Waals surface area (Å²) in [4.78, 5) is -0.474. The maximum absolute atomic E-state index is 12.8. The van der Waals surface area contributed by atoms with Crippen molar-refractivity contribution >= 4 is 21.6 Å². The topological polar surface area (TPSA) is 72.2 Å². The van der Waals surface area contributed by atoms with E-state index < -0.39 is 37.7 Å². The summed E-state index contributed by atoms with van der Waals surface area (Å²) in [5, 5.41) is -0.543. The second-order valence-corrected chi connectivity index (χ2v) is 7.08. The SMILES string of the molecule is NC1CCCC1NS(=O)(=O)c1ccc(Cl)c(C(F)(F)F)c1. The monoisotopic (exact) mass is 342 g/mol. The smallest absolute Gasteiger partial charge is 0.326 e. The van der Waals surface area contributed by atoms with Crippen LogP contribution < -0.4 is 10.5 Å². The number of sulfonamides is 1. The molecule has 1 aliphatic rings. The average Bonchev–Trinajstić information content (AvgIpc) is 2.73. The first kappa shape index (κ1) is 16.5. The first-order valence-corrected chi connectivity index (χ1v) is 8.12. The third-order valence-electron chi connectivity index (χ3n) is 3.43. The molecule has 21 heavy (non-hydrogen) atoms. The molecule has 0 saturated heterocycles. The molecule has 0 heterocycles. The van der Waals surface area contributed by atoms with Crippen molar-refractivity contribution in [2.75, 3.05) is 0 Å². The van der Waals surface area contributed by atoms with E-state index in [2.05, 4.69) is 4.72 Å². The van der Waals surface area contributed by atoms with Crippen molar-refractivity contribution in [3.05, 3.63) is 28.8 Å². The van der Waals surface area contributed by atoms with E-state index in [9.17, 15) is 21.6 Å². The van der Waals surface area contributed by atoms with Gasteiger partial charge in [0.25, 0.3) is 0 Å². The van der Waals surface area contributed by atoms with Crippen LogP contribution in [0, 0.1) is 0 Å². The van der Waals surface area contributed by atoms with Gasteiger partial charge in [0, 0.05) is 12.1 Å². The fourth-order valence-corrected chi connectivity index (χ4v) is 3.86. The Labute approximate surface area is 125 Å². The second kappa shape index (κ2) is 5.75. The van der Waals surface area contributed by atoms with Gasteiger partial charge in [-0.05, 0) is 31.0 Å². The minimum atomic E-state index is -4.72. The van der Waals surface area contributed by atoms with E-state index in [1.54, 1.807) is 0 Å². The molecule has 9 heteroatoms. The molecule has 2 unspecified atom stereocenters. The summed E-state index contributed by atoms with van der Waals surface area (Å²) in [6.45, 7) is 0. The summed E-state index contributed by atoms with van der Waals surface area (Å²) in [5.74, 6) is 0. The highest BCUT2D eigenvalue weighted by molar-refractivity contribution is 7.89. The number of nitrogens with one attached hydrogen (secondary N) is 1. The van der Waals surface area contributed by atoms with E-state index in [-0.39, 0.29) is 6.04 Å². The molecule has 3 N–H and O–H groups in total. The molecule has 1 saturated carbocycles. The number of halogens is 4. The van der Waals surface area contributed by atoms with Gasteiger partial charge < -0.3 is 5.73 Å². The largest absolute Gasteiger partial charge is 0.417 e. The van der Waals surface area contributed by atoms with E-state index in [0.29, 0.717) is 18.9 Å². The average molecular weight is 343 g/mol. The Kier molecular flexibility index (Phi) is 4.53. The molecule has 0 spiro atoms. The van der Waals surface area contributed by atoms with Gasteiger partial charge in [0.1, 0.15) is 0 Å². The van der Waals surface area contributed by atoms with E-state index in [1.165, 1.54) is 0 Å². The molecule has 1 aromatic rings. The first-order valence-electron chi connectivity index (χ1n) is 6.26. The zero-order chi connectivity index (χ0) is 15.8. The predicted octanol–water partition coefficient (Wildman–Crippen LogP) is 2.52. The molecule has 1 fully saturated rings. The van der Waals surface area contributed by atoms with Crippen molar-refractivity contribution in [2.45, 2.75) is 42.4 Å². The second-order valence-electron chi connectivity index (χ2n) is 4.96. The molecule has 118 valence electrons. The van der Waals surface area contributed by atoms with Gasteiger partial charge in [-0.3, -0.25) is 0 Å². The minimum absolute atomic E-state index is 0.325. The molecular formula is C12H14ClF3N2O2S. The van der Waals surface area contributed by atoms with Crippen molar-refractivity contribution < 1.29 is 21.6 Å². The molecule has 2 atom stereocenters. The Bertz CT molecular complexity index is 634. The van der Waals surface area contributed by atoms with Crippen molar-refractivity contribution in [1.82, 2.24) is 4.72 Å². The summed E-state index contributed by atoms with van der Waals surface area (Å²) in [7, 11) is -4.06. The first-order chi connectivity index (χ1) is 9.61. The lowest BCUT2D eigenvalue weighted by atomic mass is 10.2. The highest BCUT2D eigenvalue weighted by Crippen LogP contribution is 2.36. The lowest BCUT2D eigenvalue weighted by molar-refractivity contribution is -0.137. The fourth-order valence-electron chi connectivity index (χ4n) is 2.29. The van der Waals surface area contributed by atoms with E-state index in [0.717, 1.165) is 18.6 Å². The van der Waals surface area contributed by atoms with Crippen LogP contribution >= 0.6 is 11.6 Å². The standard InChI is InChI=1S/C12H14ClF3N2O2S/c13-9-5-4-7(6-8(9)12(14,15)16)21(19,20)18-11-3-1-2-10(11)17/h4-6,10-11,18H,1-3,17H2. The molecule has 0 aliphatic heterocycles. The summed E-state index contributed by atoms with van der Waals surface area (Å²) in [5.41, 5.74) is 4.58.